The molecule has 0 radical (unpaired) electrons. The van der Waals surface area contributed by atoms with Crippen LogP contribution in [0.5, 0.6) is 0 Å². The highest BCUT2D eigenvalue weighted by atomic mass is 32.2. The summed E-state index contributed by atoms with van der Waals surface area (Å²) in [5, 5.41) is 9.08. The maximum Gasteiger partial charge on any atom is 0.174 e. The van der Waals surface area contributed by atoms with Crippen LogP contribution in [0.1, 0.15) is 14.8 Å². The van der Waals surface area contributed by atoms with Gasteiger partial charge in [0.15, 0.2) is 4.34 Å². The van der Waals surface area contributed by atoms with Crippen molar-refractivity contribution in [3.05, 3.63) is 26.9 Å². The van der Waals surface area contributed by atoms with Crippen LogP contribution >= 0.6 is 34.4 Å². The molecule has 0 aliphatic heterocycles. The monoisotopic (exact) mass is 281 g/mol. The summed E-state index contributed by atoms with van der Waals surface area (Å²) in [6.07, 6.45) is 0. The van der Waals surface area contributed by atoms with Crippen LogP contribution < -0.4 is 5.73 Å². The van der Waals surface area contributed by atoms with E-state index in [4.69, 9.17) is 5.73 Å². The van der Waals surface area contributed by atoms with Crippen molar-refractivity contribution >= 4 is 34.4 Å². The molecule has 6 heteroatoms. The Morgan fingerprint density at radius 1 is 1.35 bits per heavy atom. The van der Waals surface area contributed by atoms with Gasteiger partial charge in [-0.25, -0.2) is 0 Å². The highest BCUT2D eigenvalue weighted by Crippen LogP contribution is 2.28. The van der Waals surface area contributed by atoms with E-state index in [1.165, 1.54) is 4.88 Å². The Hall–Kier alpha value is -0.870. The van der Waals surface area contributed by atoms with Gasteiger partial charge in [-0.15, -0.1) is 21.5 Å². The van der Waals surface area contributed by atoms with Crippen LogP contribution in [0.4, 0.5) is 0 Å². The minimum Gasteiger partial charge on any atom is -0.320 e. The number of aryl methyl sites for hydroxylation is 1. The lowest BCUT2D eigenvalue weighted by atomic mass is 10.4. The molecule has 88 valence electrons. The second-order valence-corrected chi connectivity index (χ2v) is 6.72. The molecule has 0 aromatic carbocycles. The first kappa shape index (κ1) is 12.6. The highest BCUT2D eigenvalue weighted by Gasteiger charge is 2.03. The molecule has 0 aliphatic carbocycles. The van der Waals surface area contributed by atoms with Crippen LogP contribution in [0.15, 0.2) is 16.5 Å². The molecule has 2 aromatic heterocycles. The molecule has 2 rings (SSSR count). The molecular formula is C11H11N3S3. The van der Waals surface area contributed by atoms with E-state index in [2.05, 4.69) is 28.1 Å². The Kier molecular flexibility index (Phi) is 4.57. The Bertz CT molecular complexity index is 548. The largest absolute Gasteiger partial charge is 0.320 e. The number of nitrogens with zero attached hydrogens (tertiary/aromatic N) is 2. The summed E-state index contributed by atoms with van der Waals surface area (Å²) in [5.74, 6) is 6.81. The molecule has 0 amide bonds. The normalized spacial score (nSPS) is 10.0. The van der Waals surface area contributed by atoms with Gasteiger partial charge < -0.3 is 5.73 Å². The summed E-state index contributed by atoms with van der Waals surface area (Å²) in [6.45, 7) is 2.37. The third-order valence-electron chi connectivity index (χ3n) is 1.82. The van der Waals surface area contributed by atoms with Crippen LogP contribution in [0.25, 0.3) is 0 Å². The average molecular weight is 281 g/mol. The molecule has 0 fully saturated rings. The lowest BCUT2D eigenvalue weighted by Gasteiger charge is -1.91. The summed E-state index contributed by atoms with van der Waals surface area (Å²) in [5.41, 5.74) is 5.33. The van der Waals surface area contributed by atoms with Crippen LogP contribution in [-0.4, -0.2) is 16.7 Å². The van der Waals surface area contributed by atoms with Crippen molar-refractivity contribution in [2.24, 2.45) is 5.73 Å². The highest BCUT2D eigenvalue weighted by molar-refractivity contribution is 8.00. The average Bonchev–Trinajstić information content (AvgIpc) is 2.93. The topological polar surface area (TPSA) is 51.8 Å². The van der Waals surface area contributed by atoms with Crippen molar-refractivity contribution in [2.75, 3.05) is 6.54 Å². The summed E-state index contributed by atoms with van der Waals surface area (Å²) in [7, 11) is 0. The molecule has 0 saturated carbocycles. The first-order chi connectivity index (χ1) is 8.28. The number of rotatable bonds is 3. The molecule has 2 heterocycles. The maximum atomic E-state index is 5.33. The summed E-state index contributed by atoms with van der Waals surface area (Å²) >= 11 is 5.05. The smallest absolute Gasteiger partial charge is 0.174 e. The molecule has 0 atom stereocenters. The molecule has 2 aromatic rings. The number of hydrogen-bond acceptors (Lipinski definition) is 6. The molecule has 0 spiro atoms. The van der Waals surface area contributed by atoms with Gasteiger partial charge in [0.05, 0.1) is 11.4 Å². The van der Waals surface area contributed by atoms with E-state index in [1.807, 2.05) is 13.0 Å². The van der Waals surface area contributed by atoms with Gasteiger partial charge in [-0.1, -0.05) is 34.9 Å². The van der Waals surface area contributed by atoms with Crippen LogP contribution in [-0.2, 0) is 5.75 Å². The fraction of sp³-hybridized carbons (Fsp3) is 0.273. The molecule has 17 heavy (non-hydrogen) atoms. The van der Waals surface area contributed by atoms with E-state index >= 15 is 0 Å². The second kappa shape index (κ2) is 6.17. The zero-order valence-corrected chi connectivity index (χ0v) is 11.7. The Labute approximate surface area is 112 Å². The predicted molar refractivity (Wildman–Crippen MR) is 74.5 cm³/mol. The van der Waals surface area contributed by atoms with E-state index in [9.17, 15) is 0 Å². The van der Waals surface area contributed by atoms with E-state index in [0.717, 1.165) is 20.0 Å². The van der Waals surface area contributed by atoms with Crippen LogP contribution in [0.3, 0.4) is 0 Å². The van der Waals surface area contributed by atoms with E-state index < -0.39 is 0 Å². The fourth-order valence-corrected chi connectivity index (χ4v) is 3.87. The molecule has 0 unspecified atom stereocenters. The van der Waals surface area contributed by atoms with Crippen molar-refractivity contribution in [1.29, 1.82) is 0 Å². The van der Waals surface area contributed by atoms with Gasteiger partial charge in [-0.3, -0.25) is 0 Å². The van der Waals surface area contributed by atoms with Crippen LogP contribution in [0.2, 0.25) is 0 Å². The molecule has 0 aliphatic rings. The van der Waals surface area contributed by atoms with Crippen molar-refractivity contribution < 1.29 is 0 Å². The molecular weight excluding hydrogens is 270 g/mol. The van der Waals surface area contributed by atoms with Crippen LogP contribution in [0, 0.1) is 18.8 Å². The van der Waals surface area contributed by atoms with Gasteiger partial charge >= 0.3 is 0 Å². The minimum atomic E-state index is 0.409. The van der Waals surface area contributed by atoms with Crippen molar-refractivity contribution in [3.63, 3.8) is 0 Å². The van der Waals surface area contributed by atoms with E-state index in [-0.39, 0.29) is 0 Å². The molecule has 3 nitrogen and oxygen atoms in total. The zero-order valence-electron chi connectivity index (χ0n) is 9.27. The second-order valence-electron chi connectivity index (χ2n) is 3.15. The first-order valence-corrected chi connectivity index (χ1v) is 7.60. The van der Waals surface area contributed by atoms with Crippen molar-refractivity contribution in [3.8, 4) is 11.8 Å². The van der Waals surface area contributed by atoms with Gasteiger partial charge in [-0.2, -0.15) is 0 Å². The quantitative estimate of drug-likeness (QED) is 0.694. The molecule has 0 saturated heterocycles. The fourth-order valence-electron chi connectivity index (χ4n) is 1.13. The Morgan fingerprint density at radius 2 is 2.24 bits per heavy atom. The number of nitrogens with two attached hydrogens (primary N) is 1. The number of thioether (sulfide) groups is 1. The van der Waals surface area contributed by atoms with E-state index in [1.54, 1.807) is 34.4 Å². The standard InChI is InChI=1S/C11H11N3S3/c1-8-13-14-11(16-8)15-7-10-5-4-9(17-10)3-2-6-12/h4-5H,6-7,12H2,1H3. The Balaban J connectivity index is 1.93. The summed E-state index contributed by atoms with van der Waals surface area (Å²) < 4.78 is 1.02. The third kappa shape index (κ3) is 3.82. The first-order valence-electron chi connectivity index (χ1n) is 4.98. The molecule has 2 N–H and O–H groups in total. The predicted octanol–water partition coefficient (Wildman–Crippen LogP) is 2.51. The number of aromatic nitrogens is 2. The van der Waals surface area contributed by atoms with Crippen molar-refractivity contribution in [2.45, 2.75) is 17.0 Å². The van der Waals surface area contributed by atoms with Gasteiger partial charge in [0.1, 0.15) is 5.01 Å². The van der Waals surface area contributed by atoms with Gasteiger partial charge in [-0.05, 0) is 19.1 Å². The Morgan fingerprint density at radius 3 is 2.94 bits per heavy atom. The van der Waals surface area contributed by atoms with Gasteiger partial charge in [0, 0.05) is 10.6 Å². The van der Waals surface area contributed by atoms with Crippen molar-refractivity contribution in [1.82, 2.24) is 10.2 Å². The zero-order chi connectivity index (χ0) is 12.1. The SMILES string of the molecule is Cc1nnc(SCc2ccc(C#CCN)s2)s1. The third-order valence-corrected chi connectivity index (χ3v) is 5.02. The van der Waals surface area contributed by atoms with Gasteiger partial charge in [0.25, 0.3) is 0 Å². The number of thiophene rings is 1. The summed E-state index contributed by atoms with van der Waals surface area (Å²) in [4.78, 5) is 2.36. The lowest BCUT2D eigenvalue weighted by Crippen LogP contribution is -1.92. The molecule has 0 bridgehead atoms. The maximum absolute atomic E-state index is 5.33. The van der Waals surface area contributed by atoms with E-state index in [0.29, 0.717) is 6.54 Å². The summed E-state index contributed by atoms with van der Waals surface area (Å²) in [6, 6.07) is 4.14. The van der Waals surface area contributed by atoms with Gasteiger partial charge in [0.2, 0.25) is 0 Å². The minimum absolute atomic E-state index is 0.409. The number of hydrogen-bond donors (Lipinski definition) is 1. The lowest BCUT2D eigenvalue weighted by molar-refractivity contribution is 0.984.